The van der Waals surface area contributed by atoms with E-state index >= 15 is 0 Å². The van der Waals surface area contributed by atoms with Gasteiger partial charge in [-0.25, -0.2) is 19.2 Å². The average Bonchev–Trinajstić information content (AvgIpc) is 2.90. The van der Waals surface area contributed by atoms with Gasteiger partial charge in [0.2, 0.25) is 0 Å². The predicted molar refractivity (Wildman–Crippen MR) is 153 cm³/mol. The van der Waals surface area contributed by atoms with Crippen molar-refractivity contribution in [1.82, 2.24) is 14.9 Å². The van der Waals surface area contributed by atoms with Gasteiger partial charge >= 0.3 is 6.09 Å². The molecule has 0 saturated heterocycles. The lowest BCUT2D eigenvalue weighted by Gasteiger charge is -2.33. The van der Waals surface area contributed by atoms with Crippen LogP contribution in [0.5, 0.6) is 5.75 Å². The number of rotatable bonds is 7. The molecule has 2 N–H and O–H groups in total. The first-order valence-corrected chi connectivity index (χ1v) is 12.8. The Hall–Kier alpha value is -4.61. The highest BCUT2D eigenvalue weighted by Gasteiger charge is 2.26. The molecule has 40 heavy (non-hydrogen) atoms. The number of nitrogens with one attached hydrogen (secondary N) is 1. The van der Waals surface area contributed by atoms with Crippen molar-refractivity contribution in [1.29, 1.82) is 0 Å². The van der Waals surface area contributed by atoms with E-state index in [2.05, 4.69) is 27.1 Å². The lowest BCUT2D eigenvalue weighted by Crippen LogP contribution is -2.44. The molecule has 1 amide bonds. The van der Waals surface area contributed by atoms with Gasteiger partial charge in [0.25, 0.3) is 0 Å². The third-order valence-corrected chi connectivity index (χ3v) is 6.14. The number of carboxylic acid groups (broad SMARTS) is 1. The number of hydrogen-bond donors (Lipinski definition) is 2. The van der Waals surface area contributed by atoms with E-state index in [0.29, 0.717) is 33.4 Å². The van der Waals surface area contributed by atoms with E-state index in [1.165, 1.54) is 23.4 Å². The second kappa shape index (κ2) is 12.5. The Morgan fingerprint density at radius 2 is 1.85 bits per heavy atom. The van der Waals surface area contributed by atoms with Gasteiger partial charge in [0.1, 0.15) is 30.3 Å². The highest BCUT2D eigenvalue weighted by atomic mass is 35.5. The Morgan fingerprint density at radius 1 is 1.07 bits per heavy atom. The summed E-state index contributed by atoms with van der Waals surface area (Å²) in [7, 11) is 0. The van der Waals surface area contributed by atoms with E-state index in [4.69, 9.17) is 16.3 Å². The minimum absolute atomic E-state index is 0.182. The standard InChI is InChI=1S/C31H28ClFN4O3/c1-31(2,3)37(30(38)39)18-22-7-4-6-21(14-22)10-11-24-17-34-20-35-29(24)36-26-12-13-28(27(32)16-26)40-19-23-8-5-9-25(33)15-23/h4-9,12-17,20H,18-19H2,1-3H3,(H,38,39)(H,34,35,36). The van der Waals surface area contributed by atoms with Crippen molar-refractivity contribution in [2.24, 2.45) is 0 Å². The van der Waals surface area contributed by atoms with Crippen molar-refractivity contribution in [2.75, 3.05) is 5.32 Å². The maximum absolute atomic E-state index is 13.4. The van der Waals surface area contributed by atoms with Crippen LogP contribution in [0.3, 0.4) is 0 Å². The monoisotopic (exact) mass is 558 g/mol. The van der Waals surface area contributed by atoms with Crippen molar-refractivity contribution in [3.63, 3.8) is 0 Å². The van der Waals surface area contributed by atoms with Gasteiger partial charge in [0.05, 0.1) is 10.6 Å². The van der Waals surface area contributed by atoms with Crippen LogP contribution in [0, 0.1) is 17.7 Å². The third-order valence-electron chi connectivity index (χ3n) is 5.84. The van der Waals surface area contributed by atoms with E-state index < -0.39 is 11.6 Å². The first kappa shape index (κ1) is 28.4. The molecule has 0 radical (unpaired) electrons. The van der Waals surface area contributed by atoms with E-state index in [9.17, 15) is 14.3 Å². The number of aromatic nitrogens is 2. The Balaban J connectivity index is 1.47. The maximum atomic E-state index is 13.4. The minimum atomic E-state index is -0.979. The quantitative estimate of drug-likeness (QED) is 0.232. The van der Waals surface area contributed by atoms with Crippen LogP contribution >= 0.6 is 11.6 Å². The summed E-state index contributed by atoms with van der Waals surface area (Å²) in [6, 6.07) is 18.9. The van der Waals surface area contributed by atoms with Gasteiger partial charge in [-0.3, -0.25) is 4.90 Å². The second-order valence-electron chi connectivity index (χ2n) is 9.96. The summed E-state index contributed by atoms with van der Waals surface area (Å²) < 4.78 is 19.2. The lowest BCUT2D eigenvalue weighted by atomic mass is 10.0. The summed E-state index contributed by atoms with van der Waals surface area (Å²) in [5.41, 5.74) is 2.96. The van der Waals surface area contributed by atoms with Crippen LogP contribution < -0.4 is 10.1 Å². The van der Waals surface area contributed by atoms with Gasteiger partial charge < -0.3 is 15.2 Å². The predicted octanol–water partition coefficient (Wildman–Crippen LogP) is 7.27. The molecule has 7 nitrogen and oxygen atoms in total. The van der Waals surface area contributed by atoms with Gasteiger partial charge in [-0.05, 0) is 74.4 Å². The van der Waals surface area contributed by atoms with Crippen LogP contribution in [0.4, 0.5) is 20.7 Å². The first-order valence-electron chi connectivity index (χ1n) is 12.4. The summed E-state index contributed by atoms with van der Waals surface area (Å²) in [6.45, 7) is 6.00. The van der Waals surface area contributed by atoms with Gasteiger partial charge in [0, 0.05) is 29.5 Å². The number of amides is 1. The molecular formula is C31H28ClFN4O3. The van der Waals surface area contributed by atoms with Gasteiger partial charge in [-0.15, -0.1) is 0 Å². The van der Waals surface area contributed by atoms with Crippen LogP contribution in [0.1, 0.15) is 43.0 Å². The summed E-state index contributed by atoms with van der Waals surface area (Å²) >= 11 is 6.43. The number of hydrogen-bond acceptors (Lipinski definition) is 5. The normalized spacial score (nSPS) is 10.8. The number of benzene rings is 3. The largest absolute Gasteiger partial charge is 0.487 e. The van der Waals surface area contributed by atoms with E-state index in [0.717, 1.165) is 11.1 Å². The molecule has 0 spiro atoms. The van der Waals surface area contributed by atoms with Gasteiger partial charge in [-0.1, -0.05) is 47.7 Å². The molecule has 0 aliphatic rings. The maximum Gasteiger partial charge on any atom is 0.408 e. The zero-order valence-electron chi connectivity index (χ0n) is 22.3. The SMILES string of the molecule is CC(C)(C)N(Cc1cccc(C#Cc2cncnc2Nc2ccc(OCc3cccc(F)c3)c(Cl)c2)c1)C(=O)O. The van der Waals surface area contributed by atoms with Crippen LogP contribution in [-0.4, -0.2) is 31.6 Å². The zero-order valence-corrected chi connectivity index (χ0v) is 23.0. The Labute approximate surface area is 237 Å². The van der Waals surface area contributed by atoms with Crippen LogP contribution in [0.15, 0.2) is 79.3 Å². The number of anilines is 2. The summed E-state index contributed by atoms with van der Waals surface area (Å²) in [5, 5.41) is 13.2. The van der Waals surface area contributed by atoms with Crippen molar-refractivity contribution in [3.8, 4) is 17.6 Å². The number of nitrogens with zero attached hydrogens (tertiary/aromatic N) is 3. The van der Waals surface area contributed by atoms with Crippen molar-refractivity contribution < 1.29 is 19.0 Å². The molecule has 4 rings (SSSR count). The summed E-state index contributed by atoms with van der Waals surface area (Å²) in [5.74, 6) is 6.85. The molecule has 0 unspecified atom stereocenters. The Kier molecular flexibility index (Phi) is 8.87. The smallest absolute Gasteiger partial charge is 0.408 e. The minimum Gasteiger partial charge on any atom is -0.487 e. The summed E-state index contributed by atoms with van der Waals surface area (Å²) in [4.78, 5) is 21.5. The highest BCUT2D eigenvalue weighted by Crippen LogP contribution is 2.30. The average molecular weight is 559 g/mol. The zero-order chi connectivity index (χ0) is 28.7. The number of halogens is 2. The van der Waals surface area contributed by atoms with E-state index in [1.54, 1.807) is 36.5 Å². The number of ether oxygens (including phenoxy) is 1. The van der Waals surface area contributed by atoms with Gasteiger partial charge in [0.15, 0.2) is 0 Å². The van der Waals surface area contributed by atoms with Crippen molar-refractivity contribution >= 4 is 29.2 Å². The molecule has 0 bridgehead atoms. The molecule has 0 saturated carbocycles. The van der Waals surface area contributed by atoms with E-state index in [-0.39, 0.29) is 19.0 Å². The second-order valence-corrected chi connectivity index (χ2v) is 10.4. The fourth-order valence-electron chi connectivity index (χ4n) is 3.80. The number of carbonyl (C=O) groups is 1. The fourth-order valence-corrected chi connectivity index (χ4v) is 4.04. The molecule has 0 aliphatic carbocycles. The molecule has 4 aromatic rings. The van der Waals surface area contributed by atoms with Gasteiger partial charge in [-0.2, -0.15) is 0 Å². The van der Waals surface area contributed by atoms with Crippen LogP contribution in [0.25, 0.3) is 0 Å². The van der Waals surface area contributed by atoms with Crippen molar-refractivity contribution in [3.05, 3.63) is 112 Å². The first-order chi connectivity index (χ1) is 19.1. The van der Waals surface area contributed by atoms with Crippen LogP contribution in [-0.2, 0) is 13.2 Å². The molecule has 0 aliphatic heterocycles. The molecule has 1 heterocycles. The Morgan fingerprint density at radius 3 is 2.58 bits per heavy atom. The highest BCUT2D eigenvalue weighted by molar-refractivity contribution is 6.32. The lowest BCUT2D eigenvalue weighted by molar-refractivity contribution is 0.0955. The molecule has 1 aromatic heterocycles. The Bertz CT molecular complexity index is 1580. The molecular weight excluding hydrogens is 531 g/mol. The molecule has 0 fully saturated rings. The van der Waals surface area contributed by atoms with E-state index in [1.807, 2.05) is 45.0 Å². The molecule has 9 heteroatoms. The van der Waals surface area contributed by atoms with Crippen LogP contribution in [0.2, 0.25) is 5.02 Å². The van der Waals surface area contributed by atoms with Crippen molar-refractivity contribution in [2.45, 2.75) is 39.5 Å². The summed E-state index contributed by atoms with van der Waals surface area (Å²) in [6.07, 6.45) is 2.04. The topological polar surface area (TPSA) is 87.6 Å². The molecule has 0 atom stereocenters. The third kappa shape index (κ3) is 7.71. The molecule has 3 aromatic carbocycles. The fraction of sp³-hybridized carbons (Fsp3) is 0.194. The molecule has 204 valence electrons.